The molecule has 1 N–H and O–H groups in total. The van der Waals surface area contributed by atoms with Crippen LogP contribution in [0.25, 0.3) is 0 Å². The first-order chi connectivity index (χ1) is 10.6. The molecule has 0 spiro atoms. The normalized spacial score (nSPS) is 10.3. The van der Waals surface area contributed by atoms with Crippen LogP contribution in [0.15, 0.2) is 53.4 Å². The molecule has 0 aliphatic rings. The number of anilines is 1. The monoisotopic (exact) mass is 317 g/mol. The predicted molar refractivity (Wildman–Crippen MR) is 86.8 cm³/mol. The molecule has 114 valence electrons. The molecule has 0 atom stereocenters. The summed E-state index contributed by atoms with van der Waals surface area (Å²) in [6.45, 7) is 1.46. The lowest BCUT2D eigenvalue weighted by atomic mass is 10.1. The molecule has 2 rings (SSSR count). The Morgan fingerprint density at radius 1 is 1.09 bits per heavy atom. The van der Waals surface area contributed by atoms with Gasteiger partial charge < -0.3 is 5.32 Å². The quantitative estimate of drug-likeness (QED) is 0.643. The molecule has 0 radical (unpaired) electrons. The Hall–Kier alpha value is -2.14. The van der Waals surface area contributed by atoms with Gasteiger partial charge in [-0.2, -0.15) is 0 Å². The van der Waals surface area contributed by atoms with Gasteiger partial charge in [-0.05, 0) is 31.2 Å². The largest absolute Gasteiger partial charge is 0.325 e. The summed E-state index contributed by atoms with van der Waals surface area (Å²) in [6.07, 6.45) is 0.241. The van der Waals surface area contributed by atoms with Gasteiger partial charge in [0.25, 0.3) is 0 Å². The molecular formula is C17H16FNO2S. The molecule has 3 nitrogen and oxygen atoms in total. The highest BCUT2D eigenvalue weighted by Gasteiger charge is 2.10. The van der Waals surface area contributed by atoms with Gasteiger partial charge in [-0.1, -0.05) is 24.3 Å². The van der Waals surface area contributed by atoms with Crippen LogP contribution in [0.4, 0.5) is 10.1 Å². The van der Waals surface area contributed by atoms with Crippen molar-refractivity contribution in [2.45, 2.75) is 18.2 Å². The Labute approximate surface area is 132 Å². The van der Waals surface area contributed by atoms with Crippen molar-refractivity contribution < 1.29 is 14.0 Å². The van der Waals surface area contributed by atoms with E-state index in [9.17, 15) is 14.0 Å². The number of nitrogens with one attached hydrogen (secondary N) is 1. The van der Waals surface area contributed by atoms with E-state index in [-0.39, 0.29) is 23.9 Å². The standard InChI is InChI=1S/C17H16FNO2S/c1-12(20)13-6-2-4-8-15(13)19-17(21)10-11-22-16-9-5-3-7-14(16)18/h2-9H,10-11H2,1H3,(H,19,21). The van der Waals surface area contributed by atoms with Crippen molar-refractivity contribution in [3.63, 3.8) is 0 Å². The van der Waals surface area contributed by atoms with E-state index in [2.05, 4.69) is 5.32 Å². The Bertz CT molecular complexity index is 688. The Morgan fingerprint density at radius 3 is 2.50 bits per heavy atom. The number of benzene rings is 2. The zero-order chi connectivity index (χ0) is 15.9. The van der Waals surface area contributed by atoms with Crippen molar-refractivity contribution in [2.24, 2.45) is 0 Å². The summed E-state index contributed by atoms with van der Waals surface area (Å²) in [4.78, 5) is 23.9. The topological polar surface area (TPSA) is 46.2 Å². The molecule has 0 aliphatic heterocycles. The molecule has 2 aromatic rings. The van der Waals surface area contributed by atoms with E-state index in [0.29, 0.717) is 21.9 Å². The number of thioether (sulfide) groups is 1. The summed E-state index contributed by atoms with van der Waals surface area (Å²) >= 11 is 1.29. The predicted octanol–water partition coefficient (Wildman–Crippen LogP) is 4.15. The minimum absolute atomic E-state index is 0.100. The maximum atomic E-state index is 13.4. The maximum Gasteiger partial charge on any atom is 0.225 e. The van der Waals surface area contributed by atoms with Gasteiger partial charge in [0.05, 0.1) is 5.69 Å². The molecule has 2 aromatic carbocycles. The first-order valence-electron chi connectivity index (χ1n) is 6.85. The van der Waals surface area contributed by atoms with Crippen molar-refractivity contribution in [2.75, 3.05) is 11.1 Å². The lowest BCUT2D eigenvalue weighted by Crippen LogP contribution is -2.14. The van der Waals surface area contributed by atoms with E-state index in [1.54, 1.807) is 42.5 Å². The second kappa shape index (κ2) is 7.75. The molecule has 0 heterocycles. The van der Waals surface area contributed by atoms with Gasteiger partial charge >= 0.3 is 0 Å². The van der Waals surface area contributed by atoms with Crippen LogP contribution in [0, 0.1) is 5.82 Å². The number of carbonyl (C=O) groups excluding carboxylic acids is 2. The molecule has 0 saturated heterocycles. The fraction of sp³-hybridized carbons (Fsp3) is 0.176. The van der Waals surface area contributed by atoms with Crippen molar-refractivity contribution >= 4 is 29.1 Å². The number of para-hydroxylation sites is 1. The van der Waals surface area contributed by atoms with E-state index in [4.69, 9.17) is 0 Å². The van der Waals surface area contributed by atoms with E-state index in [1.807, 2.05) is 0 Å². The number of hydrogen-bond donors (Lipinski definition) is 1. The van der Waals surface area contributed by atoms with Gasteiger partial charge in [0.15, 0.2) is 5.78 Å². The molecule has 0 aromatic heterocycles. The van der Waals surface area contributed by atoms with Gasteiger partial charge in [0, 0.05) is 22.6 Å². The first-order valence-corrected chi connectivity index (χ1v) is 7.83. The van der Waals surface area contributed by atoms with E-state index >= 15 is 0 Å². The van der Waals surface area contributed by atoms with E-state index in [0.717, 1.165) is 0 Å². The Kier molecular flexibility index (Phi) is 5.72. The van der Waals surface area contributed by atoms with Crippen molar-refractivity contribution in [3.8, 4) is 0 Å². The molecule has 5 heteroatoms. The lowest BCUT2D eigenvalue weighted by molar-refractivity contribution is -0.115. The Balaban J connectivity index is 1.89. The number of rotatable bonds is 6. The Morgan fingerprint density at radius 2 is 1.77 bits per heavy atom. The van der Waals surface area contributed by atoms with Crippen molar-refractivity contribution in [1.29, 1.82) is 0 Å². The number of halogens is 1. The first kappa shape index (κ1) is 16.2. The van der Waals surface area contributed by atoms with Crippen LogP contribution in [0.1, 0.15) is 23.7 Å². The number of amides is 1. The summed E-state index contributed by atoms with van der Waals surface area (Å²) in [7, 11) is 0. The van der Waals surface area contributed by atoms with Gasteiger partial charge in [-0.3, -0.25) is 9.59 Å². The third kappa shape index (κ3) is 4.43. The van der Waals surface area contributed by atoms with E-state index < -0.39 is 0 Å². The lowest BCUT2D eigenvalue weighted by Gasteiger charge is -2.09. The average Bonchev–Trinajstić information content (AvgIpc) is 2.49. The van der Waals surface area contributed by atoms with Crippen LogP contribution in [0.3, 0.4) is 0 Å². The van der Waals surface area contributed by atoms with Crippen LogP contribution in [-0.4, -0.2) is 17.4 Å². The van der Waals surface area contributed by atoms with Gasteiger partial charge in [0.2, 0.25) is 5.91 Å². The maximum absolute atomic E-state index is 13.4. The molecule has 22 heavy (non-hydrogen) atoms. The van der Waals surface area contributed by atoms with Crippen molar-refractivity contribution in [1.82, 2.24) is 0 Å². The molecule has 1 amide bonds. The second-order valence-electron chi connectivity index (χ2n) is 4.68. The molecule has 0 unspecified atom stereocenters. The van der Waals surface area contributed by atoms with Crippen LogP contribution >= 0.6 is 11.8 Å². The fourth-order valence-electron chi connectivity index (χ4n) is 1.93. The SMILES string of the molecule is CC(=O)c1ccccc1NC(=O)CCSc1ccccc1F. The minimum Gasteiger partial charge on any atom is -0.325 e. The van der Waals surface area contributed by atoms with Gasteiger partial charge in [0.1, 0.15) is 5.82 Å². The highest BCUT2D eigenvalue weighted by molar-refractivity contribution is 7.99. The number of ketones is 1. The van der Waals surface area contributed by atoms with Crippen LogP contribution in [0.2, 0.25) is 0 Å². The number of Topliss-reactive ketones (excluding diaryl/α,β-unsaturated/α-hetero) is 1. The average molecular weight is 317 g/mol. The molecule has 0 saturated carbocycles. The molecule has 0 fully saturated rings. The van der Waals surface area contributed by atoms with Crippen molar-refractivity contribution in [3.05, 3.63) is 59.9 Å². The minimum atomic E-state index is -0.283. The highest BCUT2D eigenvalue weighted by Crippen LogP contribution is 2.22. The van der Waals surface area contributed by atoms with Crippen LogP contribution < -0.4 is 5.32 Å². The molecule has 0 bridgehead atoms. The number of hydrogen-bond acceptors (Lipinski definition) is 3. The van der Waals surface area contributed by atoms with Gasteiger partial charge in [-0.25, -0.2) is 4.39 Å². The third-order valence-electron chi connectivity index (χ3n) is 3.00. The third-order valence-corrected chi connectivity index (χ3v) is 4.05. The molecule has 0 aliphatic carbocycles. The summed E-state index contributed by atoms with van der Waals surface area (Å²) in [5.74, 6) is -0.112. The summed E-state index contributed by atoms with van der Waals surface area (Å²) in [5.41, 5.74) is 0.994. The zero-order valence-corrected chi connectivity index (χ0v) is 13.0. The number of carbonyl (C=O) groups is 2. The summed E-state index contributed by atoms with van der Waals surface area (Å²) < 4.78 is 13.4. The molecular weight excluding hydrogens is 301 g/mol. The van der Waals surface area contributed by atoms with E-state index in [1.165, 1.54) is 24.8 Å². The van der Waals surface area contributed by atoms with Gasteiger partial charge in [-0.15, -0.1) is 11.8 Å². The smallest absolute Gasteiger partial charge is 0.225 e. The summed E-state index contributed by atoms with van der Waals surface area (Å²) in [5, 5.41) is 2.73. The van der Waals surface area contributed by atoms with Crippen LogP contribution in [0.5, 0.6) is 0 Å². The fourth-order valence-corrected chi connectivity index (χ4v) is 2.82. The highest BCUT2D eigenvalue weighted by atomic mass is 32.2. The second-order valence-corrected chi connectivity index (χ2v) is 5.82. The summed E-state index contributed by atoms with van der Waals surface area (Å²) in [6, 6.07) is 13.3. The zero-order valence-electron chi connectivity index (χ0n) is 12.1. The van der Waals surface area contributed by atoms with Crippen LogP contribution in [-0.2, 0) is 4.79 Å².